The molecule has 1 aliphatic heterocycles. The molecule has 0 saturated carbocycles. The maximum Gasteiger partial charge on any atom is 0.338 e. The first kappa shape index (κ1) is 20.1. The topological polar surface area (TPSA) is 128 Å². The summed E-state index contributed by atoms with van der Waals surface area (Å²) in [5, 5.41) is 24.3. The summed E-state index contributed by atoms with van der Waals surface area (Å²) in [4.78, 5) is 24.1. The van der Waals surface area contributed by atoms with Crippen LogP contribution in [-0.2, 0) is 9.53 Å². The van der Waals surface area contributed by atoms with Crippen molar-refractivity contribution in [3.63, 3.8) is 0 Å². The maximum atomic E-state index is 12.1. The average molecular weight is 421 g/mol. The Kier molecular flexibility index (Phi) is 5.35. The van der Waals surface area contributed by atoms with Crippen LogP contribution in [0.1, 0.15) is 35.8 Å². The minimum Gasteiger partial charge on any atom is -0.478 e. The SMILES string of the molecule is CCOC(=O)c1cccc(Oc2ccccc2C2C(C(=O)O)=C(C)Nc3nnnn32)c1. The number of nitrogens with one attached hydrogen (secondary N) is 1. The molecule has 0 spiro atoms. The van der Waals surface area contributed by atoms with Crippen LogP contribution >= 0.6 is 0 Å². The van der Waals surface area contributed by atoms with Crippen molar-refractivity contribution in [1.82, 2.24) is 20.2 Å². The summed E-state index contributed by atoms with van der Waals surface area (Å²) >= 11 is 0. The summed E-state index contributed by atoms with van der Waals surface area (Å²) in [5.41, 5.74) is 1.43. The highest BCUT2D eigenvalue weighted by Crippen LogP contribution is 2.39. The van der Waals surface area contributed by atoms with Gasteiger partial charge in [-0.3, -0.25) is 0 Å². The summed E-state index contributed by atoms with van der Waals surface area (Å²) in [6, 6.07) is 12.8. The van der Waals surface area contributed by atoms with Gasteiger partial charge in [0, 0.05) is 11.3 Å². The van der Waals surface area contributed by atoms with Crippen molar-refractivity contribution < 1.29 is 24.2 Å². The van der Waals surface area contributed by atoms with E-state index in [4.69, 9.17) is 9.47 Å². The summed E-state index contributed by atoms with van der Waals surface area (Å²) in [6.07, 6.45) is 0. The lowest BCUT2D eigenvalue weighted by molar-refractivity contribution is -0.133. The molecule has 1 atom stereocenters. The Morgan fingerprint density at radius 2 is 2.00 bits per heavy atom. The van der Waals surface area contributed by atoms with Crippen molar-refractivity contribution in [2.24, 2.45) is 0 Å². The van der Waals surface area contributed by atoms with Gasteiger partial charge in [-0.25, -0.2) is 9.59 Å². The molecule has 0 amide bonds. The van der Waals surface area contributed by atoms with Crippen molar-refractivity contribution in [1.29, 1.82) is 0 Å². The second-order valence-corrected chi connectivity index (χ2v) is 6.71. The first-order valence-corrected chi connectivity index (χ1v) is 9.52. The molecule has 0 radical (unpaired) electrons. The number of para-hydroxylation sites is 1. The summed E-state index contributed by atoms with van der Waals surface area (Å²) in [6.45, 7) is 3.65. The number of nitrogens with zero attached hydrogens (tertiary/aromatic N) is 4. The lowest BCUT2D eigenvalue weighted by atomic mass is 9.95. The van der Waals surface area contributed by atoms with Crippen molar-refractivity contribution >= 4 is 17.9 Å². The van der Waals surface area contributed by atoms with Crippen LogP contribution in [0.25, 0.3) is 0 Å². The molecule has 2 aromatic carbocycles. The lowest BCUT2D eigenvalue weighted by Gasteiger charge is -2.27. The third kappa shape index (κ3) is 3.82. The number of tetrazole rings is 1. The Morgan fingerprint density at radius 1 is 1.19 bits per heavy atom. The largest absolute Gasteiger partial charge is 0.478 e. The number of anilines is 1. The third-order valence-electron chi connectivity index (χ3n) is 4.73. The number of esters is 1. The van der Waals surface area contributed by atoms with Gasteiger partial charge in [0.1, 0.15) is 17.5 Å². The first-order valence-electron chi connectivity index (χ1n) is 9.52. The van der Waals surface area contributed by atoms with E-state index in [0.29, 0.717) is 34.3 Å². The van der Waals surface area contributed by atoms with Crippen LogP contribution in [0.15, 0.2) is 59.8 Å². The van der Waals surface area contributed by atoms with E-state index in [1.54, 1.807) is 62.4 Å². The predicted octanol–water partition coefficient (Wildman–Crippen LogP) is 3.02. The number of carbonyl (C=O) groups is 2. The molecule has 3 aromatic rings. The fourth-order valence-corrected chi connectivity index (χ4v) is 3.40. The van der Waals surface area contributed by atoms with Gasteiger partial charge in [0.05, 0.1) is 17.7 Å². The molecule has 1 aliphatic rings. The second kappa shape index (κ2) is 8.27. The number of allylic oxidation sites excluding steroid dienone is 1. The molecular weight excluding hydrogens is 402 g/mol. The zero-order chi connectivity index (χ0) is 22.0. The van der Waals surface area contributed by atoms with Gasteiger partial charge in [0.25, 0.3) is 0 Å². The van der Waals surface area contributed by atoms with Gasteiger partial charge in [-0.05, 0) is 48.5 Å². The van der Waals surface area contributed by atoms with E-state index in [9.17, 15) is 14.7 Å². The van der Waals surface area contributed by atoms with Crippen LogP contribution in [0.3, 0.4) is 0 Å². The maximum absolute atomic E-state index is 12.1. The van der Waals surface area contributed by atoms with Gasteiger partial charge < -0.3 is 19.9 Å². The number of hydrogen-bond acceptors (Lipinski definition) is 8. The molecular formula is C21H19N5O5. The van der Waals surface area contributed by atoms with Gasteiger partial charge in [-0.2, -0.15) is 4.68 Å². The van der Waals surface area contributed by atoms with E-state index in [0.717, 1.165) is 0 Å². The van der Waals surface area contributed by atoms with Gasteiger partial charge in [0.2, 0.25) is 5.95 Å². The van der Waals surface area contributed by atoms with E-state index in [-0.39, 0.29) is 12.2 Å². The molecule has 0 fully saturated rings. The van der Waals surface area contributed by atoms with Gasteiger partial charge in [-0.1, -0.05) is 29.4 Å². The first-order chi connectivity index (χ1) is 15.0. The normalized spacial score (nSPS) is 15.1. The Labute approximate surface area is 177 Å². The number of carbonyl (C=O) groups excluding carboxylic acids is 1. The minimum atomic E-state index is -1.10. The monoisotopic (exact) mass is 421 g/mol. The molecule has 4 rings (SSSR count). The Hall–Kier alpha value is -4.21. The van der Waals surface area contributed by atoms with E-state index in [1.165, 1.54) is 4.68 Å². The number of fused-ring (bicyclic) bond motifs is 1. The quantitative estimate of drug-likeness (QED) is 0.577. The molecule has 1 aromatic heterocycles. The molecule has 0 bridgehead atoms. The van der Waals surface area contributed by atoms with E-state index in [1.807, 2.05) is 0 Å². The molecule has 0 aliphatic carbocycles. The molecule has 2 N–H and O–H groups in total. The summed E-state index contributed by atoms with van der Waals surface area (Å²) in [7, 11) is 0. The summed E-state index contributed by atoms with van der Waals surface area (Å²) < 4.78 is 12.5. The highest BCUT2D eigenvalue weighted by molar-refractivity contribution is 5.91. The molecule has 2 heterocycles. The molecule has 158 valence electrons. The Morgan fingerprint density at radius 3 is 2.77 bits per heavy atom. The van der Waals surface area contributed by atoms with Crippen LogP contribution in [0.5, 0.6) is 11.5 Å². The Bertz CT molecular complexity index is 1190. The Balaban J connectivity index is 1.76. The highest BCUT2D eigenvalue weighted by Gasteiger charge is 2.35. The zero-order valence-electron chi connectivity index (χ0n) is 16.8. The van der Waals surface area contributed by atoms with Crippen LogP contribution in [0.2, 0.25) is 0 Å². The summed E-state index contributed by atoms with van der Waals surface area (Å²) in [5.74, 6) is -0.420. The number of aromatic nitrogens is 4. The van der Waals surface area contributed by atoms with Crippen molar-refractivity contribution in [2.45, 2.75) is 19.9 Å². The van der Waals surface area contributed by atoms with E-state index in [2.05, 4.69) is 20.8 Å². The molecule has 31 heavy (non-hydrogen) atoms. The number of rotatable bonds is 6. The zero-order valence-corrected chi connectivity index (χ0v) is 16.8. The van der Waals surface area contributed by atoms with Crippen LogP contribution in [0.4, 0.5) is 5.95 Å². The number of benzene rings is 2. The second-order valence-electron chi connectivity index (χ2n) is 6.71. The number of aliphatic carboxylic acids is 1. The van der Waals surface area contributed by atoms with E-state index < -0.39 is 18.0 Å². The number of hydrogen-bond donors (Lipinski definition) is 2. The molecule has 0 saturated heterocycles. The van der Waals surface area contributed by atoms with E-state index >= 15 is 0 Å². The molecule has 10 heteroatoms. The van der Waals surface area contributed by atoms with Crippen molar-refractivity contribution in [3.8, 4) is 11.5 Å². The minimum absolute atomic E-state index is 0.0936. The van der Waals surface area contributed by atoms with Crippen molar-refractivity contribution in [3.05, 3.63) is 70.9 Å². The smallest absolute Gasteiger partial charge is 0.338 e. The number of ether oxygens (including phenoxy) is 2. The number of carboxylic acid groups (broad SMARTS) is 1. The fraction of sp³-hybridized carbons (Fsp3) is 0.190. The molecule has 1 unspecified atom stereocenters. The van der Waals surface area contributed by atoms with Crippen LogP contribution in [-0.4, -0.2) is 43.9 Å². The standard InChI is InChI=1S/C21H19N5O5/c1-3-30-20(29)13-7-6-8-14(11-13)31-16-10-5-4-9-15(16)18-17(19(27)28)12(2)22-21-23-24-25-26(18)21/h4-11,18H,3H2,1-2H3,(H,27,28)(H,22,23,25). The third-order valence-corrected chi connectivity index (χ3v) is 4.73. The molecule has 10 nitrogen and oxygen atoms in total. The predicted molar refractivity (Wildman–Crippen MR) is 109 cm³/mol. The highest BCUT2D eigenvalue weighted by atomic mass is 16.5. The van der Waals surface area contributed by atoms with Gasteiger partial charge >= 0.3 is 11.9 Å². The fourth-order valence-electron chi connectivity index (χ4n) is 3.40. The average Bonchev–Trinajstić information content (AvgIpc) is 3.21. The van der Waals surface area contributed by atoms with Gasteiger partial charge in [-0.15, -0.1) is 0 Å². The van der Waals surface area contributed by atoms with Crippen LogP contribution < -0.4 is 10.1 Å². The lowest BCUT2D eigenvalue weighted by Crippen LogP contribution is -2.28. The van der Waals surface area contributed by atoms with Crippen molar-refractivity contribution in [2.75, 3.05) is 11.9 Å². The number of carboxylic acids is 1. The van der Waals surface area contributed by atoms with Crippen LogP contribution in [0, 0.1) is 0 Å². The van der Waals surface area contributed by atoms with Gasteiger partial charge in [0.15, 0.2) is 0 Å².